The molecule has 0 atom stereocenters. The summed E-state index contributed by atoms with van der Waals surface area (Å²) in [5, 5.41) is 13.6. The second-order valence-corrected chi connectivity index (χ2v) is 6.51. The van der Waals surface area contributed by atoms with Crippen molar-refractivity contribution in [2.45, 2.75) is 13.5 Å². The smallest absolute Gasteiger partial charge is 0.225 e. The number of aryl methyl sites for hydroxylation is 1. The van der Waals surface area contributed by atoms with Crippen molar-refractivity contribution in [3.63, 3.8) is 0 Å². The Kier molecular flexibility index (Phi) is 3.87. The van der Waals surface area contributed by atoms with Gasteiger partial charge in [-0.2, -0.15) is 5.10 Å². The number of hydrogen-bond donors (Lipinski definition) is 2. The molecule has 0 saturated heterocycles. The first kappa shape index (κ1) is 15.0. The van der Waals surface area contributed by atoms with E-state index in [1.54, 1.807) is 11.3 Å². The molecule has 0 radical (unpaired) electrons. The van der Waals surface area contributed by atoms with Gasteiger partial charge in [0.1, 0.15) is 16.5 Å². The number of halogens is 1. The van der Waals surface area contributed by atoms with Crippen LogP contribution < -0.4 is 5.32 Å². The summed E-state index contributed by atoms with van der Waals surface area (Å²) in [6.45, 7) is 2.53. The number of aromatic amines is 1. The fourth-order valence-corrected chi connectivity index (χ4v) is 3.38. The number of rotatable bonds is 4. The van der Waals surface area contributed by atoms with Crippen LogP contribution in [-0.4, -0.2) is 25.1 Å². The van der Waals surface area contributed by atoms with Gasteiger partial charge in [-0.1, -0.05) is 24.3 Å². The maximum absolute atomic E-state index is 5.98. The first-order valence-corrected chi connectivity index (χ1v) is 8.58. The molecule has 2 N–H and O–H groups in total. The van der Waals surface area contributed by atoms with E-state index in [9.17, 15) is 0 Å². The third-order valence-corrected chi connectivity index (χ3v) is 4.54. The van der Waals surface area contributed by atoms with Crippen molar-refractivity contribution in [2.75, 3.05) is 5.32 Å². The largest absolute Gasteiger partial charge is 0.365 e. The molecule has 4 aromatic rings. The molecule has 3 heterocycles. The van der Waals surface area contributed by atoms with E-state index in [1.807, 2.05) is 42.6 Å². The van der Waals surface area contributed by atoms with Gasteiger partial charge in [0.25, 0.3) is 0 Å². The Morgan fingerprint density at radius 2 is 1.96 bits per heavy atom. The lowest BCUT2D eigenvalue weighted by Crippen LogP contribution is -2.02. The van der Waals surface area contributed by atoms with Gasteiger partial charge in [-0.25, -0.2) is 15.0 Å². The van der Waals surface area contributed by atoms with E-state index in [-0.39, 0.29) is 5.28 Å². The highest BCUT2D eigenvalue weighted by molar-refractivity contribution is 7.16. The van der Waals surface area contributed by atoms with Crippen LogP contribution in [0.15, 0.2) is 35.7 Å². The minimum atomic E-state index is 0.253. The number of H-pyrrole nitrogens is 1. The summed E-state index contributed by atoms with van der Waals surface area (Å²) < 4.78 is 0. The number of nitrogens with zero attached hydrogens (tertiary/aromatic N) is 4. The van der Waals surface area contributed by atoms with Crippen LogP contribution in [0.5, 0.6) is 0 Å². The fourth-order valence-electron chi connectivity index (χ4n) is 2.39. The minimum absolute atomic E-state index is 0.253. The van der Waals surface area contributed by atoms with E-state index in [0.717, 1.165) is 33.0 Å². The van der Waals surface area contributed by atoms with Crippen LogP contribution in [0.2, 0.25) is 5.28 Å². The first-order valence-electron chi connectivity index (χ1n) is 7.32. The van der Waals surface area contributed by atoms with Gasteiger partial charge in [-0.05, 0) is 35.5 Å². The number of hydrogen-bond acceptors (Lipinski definition) is 6. The lowest BCUT2D eigenvalue weighted by molar-refractivity contribution is 1.04. The molecule has 0 fully saturated rings. The van der Waals surface area contributed by atoms with Crippen LogP contribution in [0.4, 0.5) is 5.82 Å². The fraction of sp³-hybridized carbons (Fsp3) is 0.125. The normalized spacial score (nSPS) is 11.1. The molecular formula is C16H13ClN6S. The second-order valence-electron chi connectivity index (χ2n) is 5.28. The van der Waals surface area contributed by atoms with Crippen molar-refractivity contribution in [3.8, 4) is 11.4 Å². The highest BCUT2D eigenvalue weighted by Gasteiger charge is 2.08. The van der Waals surface area contributed by atoms with E-state index < -0.39 is 0 Å². The van der Waals surface area contributed by atoms with Crippen LogP contribution in [-0.2, 0) is 6.54 Å². The Balaban J connectivity index is 1.52. The van der Waals surface area contributed by atoms with E-state index in [1.165, 1.54) is 0 Å². The lowest BCUT2D eigenvalue weighted by atomic mass is 10.1. The molecule has 8 heteroatoms. The van der Waals surface area contributed by atoms with Crippen molar-refractivity contribution in [1.29, 1.82) is 0 Å². The van der Waals surface area contributed by atoms with Crippen molar-refractivity contribution >= 4 is 39.0 Å². The maximum atomic E-state index is 5.98. The third-order valence-electron chi connectivity index (χ3n) is 3.57. The zero-order valence-electron chi connectivity index (χ0n) is 12.7. The van der Waals surface area contributed by atoms with Crippen LogP contribution in [0.1, 0.15) is 11.4 Å². The maximum Gasteiger partial charge on any atom is 0.225 e. The first-order chi connectivity index (χ1) is 11.7. The molecule has 120 valence electrons. The molecule has 0 aliphatic rings. The van der Waals surface area contributed by atoms with Crippen molar-refractivity contribution in [3.05, 3.63) is 52.4 Å². The topological polar surface area (TPSA) is 79.4 Å². The van der Waals surface area contributed by atoms with Gasteiger partial charge in [0.2, 0.25) is 5.28 Å². The highest BCUT2D eigenvalue weighted by Crippen LogP contribution is 2.26. The summed E-state index contributed by atoms with van der Waals surface area (Å²) in [5.41, 5.74) is 2.11. The number of anilines is 1. The molecule has 0 spiro atoms. The van der Waals surface area contributed by atoms with Crippen LogP contribution in [0, 0.1) is 6.92 Å². The molecule has 3 aromatic heterocycles. The molecular weight excluding hydrogens is 344 g/mol. The Morgan fingerprint density at radius 3 is 2.71 bits per heavy atom. The van der Waals surface area contributed by atoms with Crippen LogP contribution in [0.3, 0.4) is 0 Å². The van der Waals surface area contributed by atoms with E-state index >= 15 is 0 Å². The molecule has 4 rings (SSSR count). The van der Waals surface area contributed by atoms with Gasteiger partial charge < -0.3 is 5.32 Å². The Bertz CT molecular complexity index is 991. The predicted octanol–water partition coefficient (Wildman–Crippen LogP) is 4.05. The van der Waals surface area contributed by atoms with Crippen LogP contribution in [0.25, 0.3) is 21.6 Å². The molecule has 0 saturated carbocycles. The molecule has 0 bridgehead atoms. The summed E-state index contributed by atoms with van der Waals surface area (Å²) in [6, 6.07) is 10.1. The van der Waals surface area contributed by atoms with Gasteiger partial charge in [0.15, 0.2) is 5.82 Å². The summed E-state index contributed by atoms with van der Waals surface area (Å²) in [7, 11) is 0. The number of aromatic nitrogens is 5. The molecule has 0 amide bonds. The van der Waals surface area contributed by atoms with E-state index in [2.05, 4.69) is 30.5 Å². The van der Waals surface area contributed by atoms with Gasteiger partial charge in [0.05, 0.1) is 5.39 Å². The molecule has 1 aromatic carbocycles. The third kappa shape index (κ3) is 2.95. The molecule has 0 aliphatic heterocycles. The monoisotopic (exact) mass is 356 g/mol. The van der Waals surface area contributed by atoms with Gasteiger partial charge in [-0.3, -0.25) is 5.10 Å². The van der Waals surface area contributed by atoms with E-state index in [4.69, 9.17) is 11.6 Å². The predicted molar refractivity (Wildman–Crippen MR) is 96.3 cm³/mol. The number of nitrogens with one attached hydrogen (secondary N) is 2. The Labute approximate surface area is 147 Å². The average Bonchev–Trinajstić information content (AvgIpc) is 3.22. The van der Waals surface area contributed by atoms with Crippen molar-refractivity contribution in [2.24, 2.45) is 0 Å². The zero-order chi connectivity index (χ0) is 16.5. The Hall–Kier alpha value is -2.51. The van der Waals surface area contributed by atoms with E-state index in [0.29, 0.717) is 12.4 Å². The SMILES string of the molecule is Cc1nc(-c2ccc(CNc3nc(Cl)nc4sccc34)cc2)n[nH]1. The Morgan fingerprint density at radius 1 is 1.12 bits per heavy atom. The van der Waals surface area contributed by atoms with Gasteiger partial charge >= 0.3 is 0 Å². The standard InChI is InChI=1S/C16H13ClN6S/c1-9-19-13(23-22-9)11-4-2-10(3-5-11)8-18-14-12-6-7-24-15(12)21-16(17)20-14/h2-7H,8H2,1H3,(H,18,20,21)(H,19,22,23). The summed E-state index contributed by atoms with van der Waals surface area (Å²) in [5.74, 6) is 2.26. The van der Waals surface area contributed by atoms with Crippen LogP contribution >= 0.6 is 22.9 Å². The summed E-state index contributed by atoms with van der Waals surface area (Å²) in [6.07, 6.45) is 0. The molecule has 0 unspecified atom stereocenters. The summed E-state index contributed by atoms with van der Waals surface area (Å²) >= 11 is 7.53. The van der Waals surface area contributed by atoms with Gasteiger partial charge in [0, 0.05) is 12.1 Å². The number of thiophene rings is 1. The van der Waals surface area contributed by atoms with Gasteiger partial charge in [-0.15, -0.1) is 11.3 Å². The molecule has 6 nitrogen and oxygen atoms in total. The summed E-state index contributed by atoms with van der Waals surface area (Å²) in [4.78, 5) is 13.7. The number of benzene rings is 1. The quantitative estimate of drug-likeness (QED) is 0.539. The van der Waals surface area contributed by atoms with Crippen molar-refractivity contribution < 1.29 is 0 Å². The zero-order valence-corrected chi connectivity index (χ0v) is 14.3. The lowest BCUT2D eigenvalue weighted by Gasteiger charge is -2.07. The second kappa shape index (κ2) is 6.18. The number of fused-ring (bicyclic) bond motifs is 1. The molecule has 24 heavy (non-hydrogen) atoms. The minimum Gasteiger partial charge on any atom is -0.365 e. The molecule has 0 aliphatic carbocycles. The van der Waals surface area contributed by atoms with Crippen molar-refractivity contribution in [1.82, 2.24) is 25.1 Å². The average molecular weight is 357 g/mol. The highest BCUT2D eigenvalue weighted by atomic mass is 35.5.